The minimum Gasteiger partial charge on any atom is -0.384 e. The van der Waals surface area contributed by atoms with E-state index >= 15 is 0 Å². The molecular weight excluding hydrogens is 286 g/mol. The smallest absolute Gasteiger partial charge is 0.0499 e. The molecule has 1 nitrogen and oxygen atoms in total. The van der Waals surface area contributed by atoms with Gasteiger partial charge in [0.1, 0.15) is 0 Å². The largest absolute Gasteiger partial charge is 0.384 e. The molecule has 0 aromatic heterocycles. The standard InChI is InChI=1S/C13H17BrClN/c1-2-3-4-5-6-9-16-13-10-11(15)7-8-12(13)14/h2,7-8,10,16H,1,3-6,9H2. The Hall–Kier alpha value is -0.470. The summed E-state index contributed by atoms with van der Waals surface area (Å²) < 4.78 is 1.06. The van der Waals surface area contributed by atoms with Crippen LogP contribution >= 0.6 is 27.5 Å². The molecule has 0 amide bonds. The van der Waals surface area contributed by atoms with E-state index in [0.29, 0.717) is 0 Å². The fourth-order valence-corrected chi connectivity index (χ4v) is 2.01. The van der Waals surface area contributed by atoms with Crippen LogP contribution in [0.2, 0.25) is 5.02 Å². The summed E-state index contributed by atoms with van der Waals surface area (Å²) in [5.74, 6) is 0. The summed E-state index contributed by atoms with van der Waals surface area (Å²) in [6.45, 7) is 4.69. The predicted molar refractivity (Wildman–Crippen MR) is 76.3 cm³/mol. The molecule has 0 spiro atoms. The van der Waals surface area contributed by atoms with Crippen LogP contribution in [-0.2, 0) is 0 Å². The van der Waals surface area contributed by atoms with E-state index in [1.165, 1.54) is 19.3 Å². The lowest BCUT2D eigenvalue weighted by molar-refractivity contribution is 0.708. The van der Waals surface area contributed by atoms with Crippen LogP contribution in [0, 0.1) is 0 Å². The fourth-order valence-electron chi connectivity index (χ4n) is 1.45. The molecule has 1 aromatic rings. The normalized spacial score (nSPS) is 10.1. The first-order valence-corrected chi connectivity index (χ1v) is 6.71. The molecule has 0 aliphatic carbocycles. The van der Waals surface area contributed by atoms with Gasteiger partial charge in [0.05, 0.1) is 0 Å². The summed E-state index contributed by atoms with van der Waals surface area (Å²) in [6.07, 6.45) is 6.72. The van der Waals surface area contributed by atoms with Crippen molar-refractivity contribution in [1.82, 2.24) is 0 Å². The molecule has 0 unspecified atom stereocenters. The number of rotatable bonds is 7. The molecule has 0 heterocycles. The van der Waals surface area contributed by atoms with Crippen LogP contribution in [0.1, 0.15) is 25.7 Å². The highest BCUT2D eigenvalue weighted by Crippen LogP contribution is 2.25. The Bertz CT molecular complexity index is 339. The van der Waals surface area contributed by atoms with Crippen LogP contribution in [0.3, 0.4) is 0 Å². The summed E-state index contributed by atoms with van der Waals surface area (Å²) >= 11 is 9.42. The number of anilines is 1. The maximum absolute atomic E-state index is 5.93. The van der Waals surface area contributed by atoms with Gasteiger partial charge in [0.2, 0.25) is 0 Å². The molecule has 0 radical (unpaired) electrons. The molecule has 1 rings (SSSR count). The molecule has 1 aromatic carbocycles. The van der Waals surface area contributed by atoms with Gasteiger partial charge in [0.15, 0.2) is 0 Å². The zero-order valence-electron chi connectivity index (χ0n) is 9.31. The van der Waals surface area contributed by atoms with Crippen molar-refractivity contribution in [3.8, 4) is 0 Å². The Balaban J connectivity index is 2.26. The predicted octanol–water partition coefficient (Wildman–Crippen LogP) is 5.26. The van der Waals surface area contributed by atoms with E-state index in [1.54, 1.807) is 0 Å². The first-order valence-electron chi connectivity index (χ1n) is 5.54. The van der Waals surface area contributed by atoms with Crippen molar-refractivity contribution >= 4 is 33.2 Å². The van der Waals surface area contributed by atoms with Crippen LogP contribution in [0.25, 0.3) is 0 Å². The number of halogens is 2. The average Bonchev–Trinajstić information content (AvgIpc) is 2.28. The third-order valence-electron chi connectivity index (χ3n) is 2.33. The Morgan fingerprint density at radius 2 is 2.12 bits per heavy atom. The van der Waals surface area contributed by atoms with Crippen molar-refractivity contribution in [2.24, 2.45) is 0 Å². The third-order valence-corrected chi connectivity index (χ3v) is 3.26. The Morgan fingerprint density at radius 3 is 2.88 bits per heavy atom. The number of unbranched alkanes of at least 4 members (excludes halogenated alkanes) is 3. The van der Waals surface area contributed by atoms with Gasteiger partial charge in [-0.1, -0.05) is 24.1 Å². The number of nitrogens with one attached hydrogen (secondary N) is 1. The molecular formula is C13H17BrClN. The van der Waals surface area contributed by atoms with E-state index in [1.807, 2.05) is 24.3 Å². The second kappa shape index (κ2) is 7.75. The van der Waals surface area contributed by atoms with Crippen molar-refractivity contribution in [2.75, 3.05) is 11.9 Å². The number of allylic oxidation sites excluding steroid dienone is 1. The van der Waals surface area contributed by atoms with Crippen LogP contribution in [-0.4, -0.2) is 6.54 Å². The minimum absolute atomic E-state index is 0.761. The third kappa shape index (κ3) is 5.04. The fraction of sp³-hybridized carbons (Fsp3) is 0.385. The summed E-state index contributed by atoms with van der Waals surface area (Å²) in [5, 5.41) is 4.13. The highest BCUT2D eigenvalue weighted by Gasteiger charge is 1.99. The van der Waals surface area contributed by atoms with Gasteiger partial charge < -0.3 is 5.32 Å². The molecule has 3 heteroatoms. The zero-order valence-corrected chi connectivity index (χ0v) is 11.6. The van der Waals surface area contributed by atoms with Gasteiger partial charge in [-0.05, 0) is 53.4 Å². The number of hydrogen-bond acceptors (Lipinski definition) is 1. The molecule has 0 bridgehead atoms. The highest BCUT2D eigenvalue weighted by atomic mass is 79.9. The Labute approximate surface area is 111 Å². The topological polar surface area (TPSA) is 12.0 Å². The SMILES string of the molecule is C=CCCCCCNc1cc(Cl)ccc1Br. The molecule has 1 N–H and O–H groups in total. The van der Waals surface area contributed by atoms with Crippen LogP contribution in [0.5, 0.6) is 0 Å². The van der Waals surface area contributed by atoms with Crippen molar-refractivity contribution in [1.29, 1.82) is 0 Å². The maximum Gasteiger partial charge on any atom is 0.0499 e. The molecule has 0 saturated carbocycles. The molecule has 0 atom stereocenters. The molecule has 0 aliphatic rings. The molecule has 0 saturated heterocycles. The van der Waals surface area contributed by atoms with Gasteiger partial charge in [0.25, 0.3) is 0 Å². The lowest BCUT2D eigenvalue weighted by Gasteiger charge is -2.08. The van der Waals surface area contributed by atoms with E-state index < -0.39 is 0 Å². The lowest BCUT2D eigenvalue weighted by Crippen LogP contribution is -2.01. The second-order valence-corrected chi connectivity index (χ2v) is 4.98. The molecule has 16 heavy (non-hydrogen) atoms. The van der Waals surface area contributed by atoms with Crippen molar-refractivity contribution in [3.63, 3.8) is 0 Å². The summed E-state index contributed by atoms with van der Waals surface area (Å²) in [4.78, 5) is 0. The van der Waals surface area contributed by atoms with E-state index in [-0.39, 0.29) is 0 Å². The van der Waals surface area contributed by atoms with Crippen molar-refractivity contribution in [2.45, 2.75) is 25.7 Å². The molecule has 0 aliphatic heterocycles. The van der Waals surface area contributed by atoms with Crippen LogP contribution in [0.4, 0.5) is 5.69 Å². The van der Waals surface area contributed by atoms with Crippen molar-refractivity contribution in [3.05, 3.63) is 40.3 Å². The zero-order chi connectivity index (χ0) is 11.8. The van der Waals surface area contributed by atoms with Gasteiger partial charge in [-0.25, -0.2) is 0 Å². The quantitative estimate of drug-likeness (QED) is 0.535. The van der Waals surface area contributed by atoms with E-state index in [0.717, 1.165) is 28.1 Å². The molecule has 88 valence electrons. The Morgan fingerprint density at radius 1 is 1.31 bits per heavy atom. The van der Waals surface area contributed by atoms with Gasteiger partial charge in [-0.15, -0.1) is 6.58 Å². The highest BCUT2D eigenvalue weighted by molar-refractivity contribution is 9.10. The van der Waals surface area contributed by atoms with Gasteiger partial charge in [0, 0.05) is 21.7 Å². The average molecular weight is 303 g/mol. The lowest BCUT2D eigenvalue weighted by atomic mass is 10.2. The number of hydrogen-bond donors (Lipinski definition) is 1. The minimum atomic E-state index is 0.761. The monoisotopic (exact) mass is 301 g/mol. The first-order chi connectivity index (χ1) is 7.74. The van der Waals surface area contributed by atoms with Gasteiger partial charge >= 0.3 is 0 Å². The summed E-state index contributed by atoms with van der Waals surface area (Å²) in [7, 11) is 0. The van der Waals surface area contributed by atoms with Crippen molar-refractivity contribution < 1.29 is 0 Å². The summed E-state index contributed by atoms with van der Waals surface area (Å²) in [6, 6.07) is 5.78. The maximum atomic E-state index is 5.93. The van der Waals surface area contributed by atoms with E-state index in [2.05, 4.69) is 27.8 Å². The number of benzene rings is 1. The van der Waals surface area contributed by atoms with Gasteiger partial charge in [-0.2, -0.15) is 0 Å². The first kappa shape index (κ1) is 13.6. The Kier molecular flexibility index (Phi) is 6.58. The summed E-state index contributed by atoms with van der Waals surface area (Å²) in [5.41, 5.74) is 1.07. The second-order valence-electron chi connectivity index (χ2n) is 3.69. The van der Waals surface area contributed by atoms with E-state index in [4.69, 9.17) is 11.6 Å². The van der Waals surface area contributed by atoms with E-state index in [9.17, 15) is 0 Å². The van der Waals surface area contributed by atoms with Crippen LogP contribution < -0.4 is 5.32 Å². The molecule has 0 fully saturated rings. The van der Waals surface area contributed by atoms with Gasteiger partial charge in [-0.3, -0.25) is 0 Å². The van der Waals surface area contributed by atoms with Crippen LogP contribution in [0.15, 0.2) is 35.3 Å².